The molecular formula is C12H25NO3. The van der Waals surface area contributed by atoms with Crippen LogP contribution >= 0.6 is 0 Å². The lowest BCUT2D eigenvalue weighted by atomic mass is 10.2. The van der Waals surface area contributed by atoms with Gasteiger partial charge >= 0.3 is 0 Å². The zero-order chi connectivity index (χ0) is 12.2. The topological polar surface area (TPSA) is 58.6 Å². The molecule has 0 heterocycles. The Morgan fingerprint density at radius 2 is 2.00 bits per heavy atom. The maximum atomic E-state index is 11.2. The summed E-state index contributed by atoms with van der Waals surface area (Å²) in [5.74, 6) is 0.0817. The molecule has 0 aliphatic carbocycles. The maximum absolute atomic E-state index is 11.2. The third-order valence-corrected chi connectivity index (χ3v) is 2.16. The van der Waals surface area contributed by atoms with Crippen molar-refractivity contribution in [2.24, 2.45) is 0 Å². The van der Waals surface area contributed by atoms with Crippen molar-refractivity contribution in [1.29, 1.82) is 0 Å². The average Bonchev–Trinajstić information content (AvgIpc) is 2.23. The Balaban J connectivity index is 3.15. The van der Waals surface area contributed by atoms with Gasteiger partial charge in [-0.15, -0.1) is 0 Å². The van der Waals surface area contributed by atoms with Crippen molar-refractivity contribution in [2.75, 3.05) is 19.8 Å². The number of carbonyl (C=O) groups excluding carboxylic acids is 1. The van der Waals surface area contributed by atoms with Gasteiger partial charge in [0, 0.05) is 26.2 Å². The molecule has 0 saturated heterocycles. The Hall–Kier alpha value is -0.610. The smallest absolute Gasteiger partial charge is 0.219 e. The molecule has 0 aromatic rings. The molecule has 0 rings (SSSR count). The highest BCUT2D eigenvalue weighted by Gasteiger charge is 1.99. The molecule has 0 bridgehead atoms. The Morgan fingerprint density at radius 1 is 1.25 bits per heavy atom. The predicted octanol–water partition coefficient (Wildman–Crippen LogP) is 1.47. The van der Waals surface area contributed by atoms with Gasteiger partial charge in [0.25, 0.3) is 0 Å². The van der Waals surface area contributed by atoms with Gasteiger partial charge in [-0.1, -0.05) is 0 Å². The first-order chi connectivity index (χ1) is 7.66. The highest BCUT2D eigenvalue weighted by atomic mass is 16.5. The van der Waals surface area contributed by atoms with Crippen molar-refractivity contribution in [3.8, 4) is 0 Å². The van der Waals surface area contributed by atoms with Crippen LogP contribution in [0.1, 0.15) is 46.0 Å². The molecule has 4 nitrogen and oxygen atoms in total. The second kappa shape index (κ2) is 10.9. The summed E-state index contributed by atoms with van der Waals surface area (Å²) in [7, 11) is 0. The first kappa shape index (κ1) is 15.4. The number of carbonyl (C=O) groups is 1. The Kier molecular flexibility index (Phi) is 10.5. The SMILES string of the molecule is CC(C)OCCCCNC(=O)CCCCO. The number of ether oxygens (including phenoxy) is 1. The fourth-order valence-corrected chi connectivity index (χ4v) is 1.26. The Labute approximate surface area is 98.4 Å². The van der Waals surface area contributed by atoms with Crippen molar-refractivity contribution in [2.45, 2.75) is 52.1 Å². The van der Waals surface area contributed by atoms with E-state index >= 15 is 0 Å². The standard InChI is InChI=1S/C12H25NO3/c1-11(2)16-10-6-4-8-13-12(15)7-3-5-9-14/h11,14H,3-10H2,1-2H3,(H,13,15). The van der Waals surface area contributed by atoms with Crippen LogP contribution in [0.3, 0.4) is 0 Å². The molecule has 0 fully saturated rings. The van der Waals surface area contributed by atoms with Crippen molar-refractivity contribution in [3.05, 3.63) is 0 Å². The molecule has 0 unspecified atom stereocenters. The monoisotopic (exact) mass is 231 g/mol. The number of unbranched alkanes of at least 4 members (excludes halogenated alkanes) is 2. The molecule has 96 valence electrons. The summed E-state index contributed by atoms with van der Waals surface area (Å²) in [6.07, 6.45) is 4.21. The minimum atomic E-state index is 0.0817. The van der Waals surface area contributed by atoms with Gasteiger partial charge in [-0.25, -0.2) is 0 Å². The summed E-state index contributed by atoms with van der Waals surface area (Å²) in [5.41, 5.74) is 0. The molecule has 0 aromatic heterocycles. The zero-order valence-electron chi connectivity index (χ0n) is 10.5. The minimum Gasteiger partial charge on any atom is -0.396 e. The van der Waals surface area contributed by atoms with Crippen molar-refractivity contribution in [1.82, 2.24) is 5.32 Å². The third-order valence-electron chi connectivity index (χ3n) is 2.16. The van der Waals surface area contributed by atoms with E-state index in [0.717, 1.165) is 32.4 Å². The normalized spacial score (nSPS) is 10.8. The van der Waals surface area contributed by atoms with E-state index in [1.54, 1.807) is 0 Å². The molecular weight excluding hydrogens is 206 g/mol. The molecule has 4 heteroatoms. The van der Waals surface area contributed by atoms with E-state index in [0.29, 0.717) is 12.8 Å². The number of hydrogen-bond acceptors (Lipinski definition) is 3. The molecule has 0 atom stereocenters. The molecule has 0 saturated carbocycles. The van der Waals surface area contributed by atoms with Gasteiger partial charge in [0.05, 0.1) is 6.10 Å². The summed E-state index contributed by atoms with van der Waals surface area (Å²) in [6, 6.07) is 0. The number of amides is 1. The first-order valence-corrected chi connectivity index (χ1v) is 6.16. The van der Waals surface area contributed by atoms with Crippen LogP contribution in [-0.2, 0) is 9.53 Å². The third kappa shape index (κ3) is 11.5. The molecule has 0 spiro atoms. The summed E-state index contributed by atoms with van der Waals surface area (Å²) in [5, 5.41) is 11.4. The van der Waals surface area contributed by atoms with Crippen LogP contribution in [-0.4, -0.2) is 36.9 Å². The highest BCUT2D eigenvalue weighted by molar-refractivity contribution is 5.75. The van der Waals surface area contributed by atoms with Gasteiger partial charge in [0.15, 0.2) is 0 Å². The van der Waals surface area contributed by atoms with E-state index < -0.39 is 0 Å². The Bertz CT molecular complexity index is 172. The van der Waals surface area contributed by atoms with Crippen LogP contribution in [0.25, 0.3) is 0 Å². The lowest BCUT2D eigenvalue weighted by molar-refractivity contribution is -0.121. The second-order valence-electron chi connectivity index (χ2n) is 4.16. The Morgan fingerprint density at radius 3 is 2.62 bits per heavy atom. The second-order valence-corrected chi connectivity index (χ2v) is 4.16. The summed E-state index contributed by atoms with van der Waals surface area (Å²) < 4.78 is 5.39. The molecule has 1 amide bonds. The van der Waals surface area contributed by atoms with E-state index in [2.05, 4.69) is 5.32 Å². The number of aliphatic hydroxyl groups is 1. The van der Waals surface area contributed by atoms with E-state index in [1.807, 2.05) is 13.8 Å². The van der Waals surface area contributed by atoms with Crippen molar-refractivity contribution < 1.29 is 14.6 Å². The van der Waals surface area contributed by atoms with Gasteiger partial charge in [0.1, 0.15) is 0 Å². The van der Waals surface area contributed by atoms with Crippen LogP contribution in [0.2, 0.25) is 0 Å². The lowest BCUT2D eigenvalue weighted by Crippen LogP contribution is -2.24. The van der Waals surface area contributed by atoms with Crippen LogP contribution in [0, 0.1) is 0 Å². The van der Waals surface area contributed by atoms with E-state index in [-0.39, 0.29) is 18.6 Å². The number of nitrogens with one attached hydrogen (secondary N) is 1. The molecule has 0 radical (unpaired) electrons. The van der Waals surface area contributed by atoms with E-state index in [1.165, 1.54) is 0 Å². The summed E-state index contributed by atoms with van der Waals surface area (Å²) in [6.45, 7) is 5.68. The fraction of sp³-hybridized carbons (Fsp3) is 0.917. The molecule has 0 aliphatic rings. The van der Waals surface area contributed by atoms with Crippen LogP contribution in [0.5, 0.6) is 0 Å². The van der Waals surface area contributed by atoms with Crippen molar-refractivity contribution >= 4 is 5.91 Å². The largest absolute Gasteiger partial charge is 0.396 e. The summed E-state index contributed by atoms with van der Waals surface area (Å²) >= 11 is 0. The first-order valence-electron chi connectivity index (χ1n) is 6.16. The predicted molar refractivity (Wildman–Crippen MR) is 64.3 cm³/mol. The zero-order valence-corrected chi connectivity index (χ0v) is 10.5. The van der Waals surface area contributed by atoms with Gasteiger partial charge in [-0.05, 0) is 39.5 Å². The number of rotatable bonds is 10. The molecule has 16 heavy (non-hydrogen) atoms. The molecule has 2 N–H and O–H groups in total. The number of hydrogen-bond donors (Lipinski definition) is 2. The van der Waals surface area contributed by atoms with Gasteiger partial charge in [0.2, 0.25) is 5.91 Å². The average molecular weight is 231 g/mol. The maximum Gasteiger partial charge on any atom is 0.219 e. The van der Waals surface area contributed by atoms with Gasteiger partial charge in [-0.2, -0.15) is 0 Å². The quantitative estimate of drug-likeness (QED) is 0.560. The number of aliphatic hydroxyl groups excluding tert-OH is 1. The molecule has 0 aliphatic heterocycles. The van der Waals surface area contributed by atoms with E-state index in [4.69, 9.17) is 9.84 Å². The van der Waals surface area contributed by atoms with Gasteiger partial charge in [-0.3, -0.25) is 4.79 Å². The van der Waals surface area contributed by atoms with Crippen LogP contribution in [0.15, 0.2) is 0 Å². The van der Waals surface area contributed by atoms with Crippen LogP contribution < -0.4 is 5.32 Å². The molecule has 0 aromatic carbocycles. The van der Waals surface area contributed by atoms with Crippen molar-refractivity contribution in [3.63, 3.8) is 0 Å². The van der Waals surface area contributed by atoms with Gasteiger partial charge < -0.3 is 15.2 Å². The van der Waals surface area contributed by atoms with Crippen LogP contribution in [0.4, 0.5) is 0 Å². The summed E-state index contributed by atoms with van der Waals surface area (Å²) in [4.78, 5) is 11.2. The lowest BCUT2D eigenvalue weighted by Gasteiger charge is -2.07. The highest BCUT2D eigenvalue weighted by Crippen LogP contribution is 1.95. The van der Waals surface area contributed by atoms with E-state index in [9.17, 15) is 4.79 Å². The fourth-order valence-electron chi connectivity index (χ4n) is 1.26. The minimum absolute atomic E-state index is 0.0817.